The number of hydrogen-bond acceptors (Lipinski definition) is 8. The fourth-order valence-electron chi connectivity index (χ4n) is 3.89. The zero-order valence-electron chi connectivity index (χ0n) is 19.7. The van der Waals surface area contributed by atoms with Gasteiger partial charge in [0.25, 0.3) is 0 Å². The maximum absolute atomic E-state index is 11.4. The molecule has 1 aliphatic rings. The van der Waals surface area contributed by atoms with Crippen LogP contribution in [0.4, 0.5) is 0 Å². The summed E-state index contributed by atoms with van der Waals surface area (Å²) in [6.45, 7) is 0. The van der Waals surface area contributed by atoms with Crippen molar-refractivity contribution >= 4 is 9.84 Å². The number of benzene rings is 2. The van der Waals surface area contributed by atoms with E-state index in [4.69, 9.17) is 28.4 Å². The molecule has 1 saturated heterocycles. The highest BCUT2D eigenvalue weighted by Gasteiger charge is 2.30. The number of hydrogen-bond donors (Lipinski definition) is 0. The number of rotatable bonds is 11. The number of ether oxygens (including phenoxy) is 6. The molecule has 0 aromatic heterocycles. The average Bonchev–Trinajstić information content (AvgIpc) is 3.30. The van der Waals surface area contributed by atoms with Gasteiger partial charge in [-0.1, -0.05) is 12.1 Å². The van der Waals surface area contributed by atoms with E-state index in [-0.39, 0.29) is 24.4 Å². The highest BCUT2D eigenvalue weighted by molar-refractivity contribution is 7.90. The van der Waals surface area contributed by atoms with Gasteiger partial charge in [0, 0.05) is 19.8 Å². The minimum Gasteiger partial charge on any atom is -0.493 e. The molecule has 0 saturated carbocycles. The topological polar surface area (TPSA) is 89.5 Å². The van der Waals surface area contributed by atoms with Crippen molar-refractivity contribution in [2.24, 2.45) is 0 Å². The first-order valence-corrected chi connectivity index (χ1v) is 12.8. The summed E-state index contributed by atoms with van der Waals surface area (Å²) in [6, 6.07) is 11.4. The Morgan fingerprint density at radius 1 is 0.939 bits per heavy atom. The molecular weight excluding hydrogens is 448 g/mol. The van der Waals surface area contributed by atoms with Gasteiger partial charge < -0.3 is 28.4 Å². The van der Waals surface area contributed by atoms with Crippen molar-refractivity contribution in [3.05, 3.63) is 47.5 Å². The average molecular weight is 481 g/mol. The molecule has 0 unspecified atom stereocenters. The number of methoxy groups -OCH3 is 4. The van der Waals surface area contributed by atoms with Gasteiger partial charge in [0.2, 0.25) is 12.0 Å². The molecule has 8 nitrogen and oxygen atoms in total. The third-order valence-electron chi connectivity index (χ3n) is 5.56. The van der Waals surface area contributed by atoms with E-state index in [2.05, 4.69) is 0 Å². The molecule has 0 N–H and O–H groups in total. The summed E-state index contributed by atoms with van der Waals surface area (Å²) >= 11 is 0. The van der Waals surface area contributed by atoms with Gasteiger partial charge in [-0.05, 0) is 48.2 Å². The van der Waals surface area contributed by atoms with E-state index in [0.717, 1.165) is 24.0 Å². The van der Waals surface area contributed by atoms with Crippen LogP contribution in [0.25, 0.3) is 0 Å². The minimum atomic E-state index is -3.10. The summed E-state index contributed by atoms with van der Waals surface area (Å²) < 4.78 is 56.8. The summed E-state index contributed by atoms with van der Waals surface area (Å²) in [7, 11) is 3.16. The monoisotopic (exact) mass is 480 g/mol. The van der Waals surface area contributed by atoms with Gasteiger partial charge in [0.1, 0.15) is 15.6 Å². The van der Waals surface area contributed by atoms with Crippen LogP contribution in [-0.2, 0) is 19.3 Å². The van der Waals surface area contributed by atoms with Gasteiger partial charge in [0.15, 0.2) is 11.5 Å². The van der Waals surface area contributed by atoms with Gasteiger partial charge in [-0.25, -0.2) is 8.42 Å². The quantitative estimate of drug-likeness (QED) is 0.444. The lowest BCUT2D eigenvalue weighted by Crippen LogP contribution is -2.22. The van der Waals surface area contributed by atoms with Crippen LogP contribution in [0.3, 0.4) is 0 Å². The van der Waals surface area contributed by atoms with E-state index in [9.17, 15) is 8.42 Å². The summed E-state index contributed by atoms with van der Waals surface area (Å²) in [4.78, 5) is 0. The first-order chi connectivity index (χ1) is 15.8. The molecule has 1 fully saturated rings. The first-order valence-electron chi connectivity index (χ1n) is 10.7. The first kappa shape index (κ1) is 25.1. The molecule has 1 heterocycles. The predicted molar refractivity (Wildman–Crippen MR) is 124 cm³/mol. The highest BCUT2D eigenvalue weighted by Crippen LogP contribution is 2.46. The SMILES string of the molecule is COc1cc([C@@H]2CC[C@@H](c3cccc(O[C@@H](CCS(C)(=O)=O)OC)c3)O2)cc(OC)c1OC. The van der Waals surface area contributed by atoms with Crippen LogP contribution >= 0.6 is 0 Å². The molecule has 0 spiro atoms. The molecule has 3 rings (SSSR count). The summed E-state index contributed by atoms with van der Waals surface area (Å²) in [5, 5.41) is 0. The van der Waals surface area contributed by atoms with Crippen LogP contribution in [0.2, 0.25) is 0 Å². The molecule has 9 heteroatoms. The Labute approximate surface area is 195 Å². The van der Waals surface area contributed by atoms with E-state index >= 15 is 0 Å². The van der Waals surface area contributed by atoms with Gasteiger partial charge in [0.05, 0.1) is 39.3 Å². The van der Waals surface area contributed by atoms with Crippen molar-refractivity contribution in [3.8, 4) is 23.0 Å². The van der Waals surface area contributed by atoms with Crippen molar-refractivity contribution in [3.63, 3.8) is 0 Å². The Balaban J connectivity index is 1.72. The lowest BCUT2D eigenvalue weighted by Gasteiger charge is -2.20. The van der Waals surface area contributed by atoms with Crippen molar-refractivity contribution in [2.45, 2.75) is 37.8 Å². The second kappa shape index (κ2) is 11.1. The molecule has 1 aliphatic heterocycles. The lowest BCUT2D eigenvalue weighted by atomic mass is 10.0. The summed E-state index contributed by atoms with van der Waals surface area (Å²) in [6.07, 6.45) is 2.26. The zero-order chi connectivity index (χ0) is 24.0. The fraction of sp³-hybridized carbons (Fsp3) is 0.500. The molecule has 182 valence electrons. The molecule has 0 amide bonds. The van der Waals surface area contributed by atoms with Gasteiger partial charge in [-0.2, -0.15) is 0 Å². The Morgan fingerprint density at radius 3 is 2.12 bits per heavy atom. The van der Waals surface area contributed by atoms with E-state index in [1.807, 2.05) is 36.4 Å². The van der Waals surface area contributed by atoms with Crippen LogP contribution in [0.1, 0.15) is 42.6 Å². The van der Waals surface area contributed by atoms with E-state index < -0.39 is 16.1 Å². The lowest BCUT2D eigenvalue weighted by molar-refractivity contribution is -0.0544. The Hall–Kier alpha value is -2.49. The molecule has 0 radical (unpaired) electrons. The Bertz CT molecular complexity index is 1010. The van der Waals surface area contributed by atoms with Crippen molar-refractivity contribution in [2.75, 3.05) is 40.4 Å². The Kier molecular flexibility index (Phi) is 8.45. The van der Waals surface area contributed by atoms with Crippen LogP contribution in [-0.4, -0.2) is 55.2 Å². The second-order valence-corrected chi connectivity index (χ2v) is 10.2. The van der Waals surface area contributed by atoms with Gasteiger partial charge >= 0.3 is 0 Å². The molecule has 3 atom stereocenters. The number of sulfone groups is 1. The van der Waals surface area contributed by atoms with Crippen molar-refractivity contribution < 1.29 is 36.8 Å². The molecule has 2 aromatic rings. The molecule has 2 aromatic carbocycles. The molecule has 0 bridgehead atoms. The predicted octanol–water partition coefficient (Wildman–Crippen LogP) is 4.09. The van der Waals surface area contributed by atoms with Crippen LogP contribution in [0, 0.1) is 0 Å². The second-order valence-electron chi connectivity index (χ2n) is 7.92. The van der Waals surface area contributed by atoms with Crippen LogP contribution in [0.15, 0.2) is 36.4 Å². The molecular formula is C24H32O8S. The maximum Gasteiger partial charge on any atom is 0.203 e. The smallest absolute Gasteiger partial charge is 0.203 e. The normalized spacial score (nSPS) is 19.2. The van der Waals surface area contributed by atoms with Gasteiger partial charge in [-0.3, -0.25) is 0 Å². The van der Waals surface area contributed by atoms with Crippen molar-refractivity contribution in [1.29, 1.82) is 0 Å². The molecule has 0 aliphatic carbocycles. The van der Waals surface area contributed by atoms with E-state index in [0.29, 0.717) is 23.0 Å². The van der Waals surface area contributed by atoms with Crippen LogP contribution < -0.4 is 18.9 Å². The van der Waals surface area contributed by atoms with Gasteiger partial charge in [-0.15, -0.1) is 0 Å². The van der Waals surface area contributed by atoms with E-state index in [1.165, 1.54) is 13.4 Å². The zero-order valence-corrected chi connectivity index (χ0v) is 20.5. The van der Waals surface area contributed by atoms with Crippen molar-refractivity contribution in [1.82, 2.24) is 0 Å². The third kappa shape index (κ3) is 6.52. The fourth-order valence-corrected chi connectivity index (χ4v) is 4.51. The minimum absolute atomic E-state index is 0.00655. The third-order valence-corrected chi connectivity index (χ3v) is 6.54. The summed E-state index contributed by atoms with van der Waals surface area (Å²) in [5.41, 5.74) is 1.94. The van der Waals surface area contributed by atoms with Crippen LogP contribution in [0.5, 0.6) is 23.0 Å². The largest absolute Gasteiger partial charge is 0.493 e. The standard InChI is InChI=1S/C24H32O8S/c1-27-21-14-17(15-22(28-2)24(21)30-4)20-10-9-19(32-20)16-7-6-8-18(13-16)31-23(29-3)11-12-33(5,25)26/h6-8,13-15,19-20,23H,9-12H2,1-5H3/t19-,20-,23-/m0/s1. The Morgan fingerprint density at radius 2 is 1.58 bits per heavy atom. The summed E-state index contributed by atoms with van der Waals surface area (Å²) in [5.74, 6) is 2.33. The van der Waals surface area contributed by atoms with E-state index in [1.54, 1.807) is 21.3 Å². The maximum atomic E-state index is 11.4. The molecule has 33 heavy (non-hydrogen) atoms. The highest BCUT2D eigenvalue weighted by atomic mass is 32.2.